The Hall–Kier alpha value is -4.44. The van der Waals surface area contributed by atoms with E-state index in [1.165, 1.54) is 22.4 Å². The first-order valence-electron chi connectivity index (χ1n) is 12.6. The van der Waals surface area contributed by atoms with Crippen molar-refractivity contribution in [1.82, 2.24) is 9.78 Å². The topological polar surface area (TPSA) is 33.4 Å². The van der Waals surface area contributed by atoms with Crippen LogP contribution in [0.3, 0.4) is 0 Å². The number of rotatable bonds is 4. The summed E-state index contributed by atoms with van der Waals surface area (Å²) in [5, 5.41) is 12.7. The molecule has 1 aromatic heterocycles. The minimum atomic E-state index is 0.0587. The normalized spacial score (nSPS) is 18.4. The van der Waals surface area contributed by atoms with Gasteiger partial charge in [-0.1, -0.05) is 91.0 Å². The van der Waals surface area contributed by atoms with Crippen LogP contribution in [0.2, 0.25) is 0 Å². The Morgan fingerprint density at radius 2 is 1.31 bits per heavy atom. The summed E-state index contributed by atoms with van der Waals surface area (Å²) in [6.07, 6.45) is 4.35. The van der Waals surface area contributed by atoms with E-state index in [1.807, 2.05) is 10.7 Å². The quantitative estimate of drug-likeness (QED) is 0.284. The number of nitrogens with zero attached hydrogens (tertiary/aromatic N) is 4. The highest BCUT2D eigenvalue weighted by molar-refractivity contribution is 6.07. The molecule has 2 heterocycles. The molecule has 0 fully saturated rings. The van der Waals surface area contributed by atoms with Crippen LogP contribution in [0, 0.1) is 5.92 Å². The van der Waals surface area contributed by atoms with Crippen molar-refractivity contribution in [1.29, 1.82) is 0 Å². The molecule has 2 atom stereocenters. The van der Waals surface area contributed by atoms with Crippen molar-refractivity contribution in [3.05, 3.63) is 138 Å². The minimum absolute atomic E-state index is 0.0587. The number of aryl methyl sites for hydroxylation is 1. The predicted molar refractivity (Wildman–Crippen MR) is 145 cm³/mol. The summed E-state index contributed by atoms with van der Waals surface area (Å²) in [7, 11) is 0. The molecule has 4 nitrogen and oxygen atoms in total. The molecule has 174 valence electrons. The van der Waals surface area contributed by atoms with Gasteiger partial charge < -0.3 is 0 Å². The van der Waals surface area contributed by atoms with E-state index in [0.29, 0.717) is 0 Å². The van der Waals surface area contributed by atoms with Crippen LogP contribution < -0.4 is 5.01 Å². The molecule has 0 saturated carbocycles. The lowest BCUT2D eigenvalue weighted by Gasteiger charge is -2.30. The van der Waals surface area contributed by atoms with Gasteiger partial charge in [0, 0.05) is 28.8 Å². The second-order valence-electron chi connectivity index (χ2n) is 9.49. The molecule has 0 N–H and O–H groups in total. The van der Waals surface area contributed by atoms with Crippen molar-refractivity contribution >= 4 is 11.4 Å². The van der Waals surface area contributed by atoms with E-state index in [1.54, 1.807) is 0 Å². The van der Waals surface area contributed by atoms with Gasteiger partial charge in [0.1, 0.15) is 0 Å². The van der Waals surface area contributed by atoms with Gasteiger partial charge in [0.05, 0.1) is 28.8 Å². The average molecular weight is 467 g/mol. The minimum Gasteiger partial charge on any atom is -0.257 e. The fraction of sp³-hybridized carbons (Fsp3) is 0.125. The molecule has 0 spiro atoms. The molecule has 7 rings (SSSR count). The molecule has 2 aliphatic rings. The number of hydrazone groups is 1. The number of hydrogen-bond donors (Lipinski definition) is 0. The van der Waals surface area contributed by atoms with Crippen molar-refractivity contribution < 1.29 is 0 Å². The number of hydrogen-bond acceptors (Lipinski definition) is 3. The van der Waals surface area contributed by atoms with Gasteiger partial charge in [0.2, 0.25) is 0 Å². The summed E-state index contributed by atoms with van der Waals surface area (Å²) < 4.78 is 2.02. The van der Waals surface area contributed by atoms with Crippen LogP contribution in [0.4, 0.5) is 5.69 Å². The summed E-state index contributed by atoms with van der Waals surface area (Å²) in [6, 6.07) is 40.3. The first-order chi connectivity index (χ1) is 17.9. The summed E-state index contributed by atoms with van der Waals surface area (Å²) in [5.74, 6) is 0.288. The van der Waals surface area contributed by atoms with Crippen molar-refractivity contribution in [2.45, 2.75) is 18.9 Å². The van der Waals surface area contributed by atoms with E-state index in [-0.39, 0.29) is 12.0 Å². The SMILES string of the molecule is c1ccc(-c2nn(-c3ccccc3)cc2[C@H]2[C@@H]3CCc4ccccc4C3=NN2c2ccccc2)cc1. The van der Waals surface area contributed by atoms with E-state index < -0.39 is 0 Å². The van der Waals surface area contributed by atoms with Crippen LogP contribution >= 0.6 is 0 Å². The Morgan fingerprint density at radius 1 is 0.667 bits per heavy atom. The molecule has 0 amide bonds. The maximum atomic E-state index is 5.31. The summed E-state index contributed by atoms with van der Waals surface area (Å²) in [4.78, 5) is 0. The molecule has 0 saturated heterocycles. The molecule has 5 aromatic rings. The van der Waals surface area contributed by atoms with E-state index >= 15 is 0 Å². The monoisotopic (exact) mass is 466 g/mol. The molecular weight excluding hydrogens is 440 g/mol. The Balaban J connectivity index is 1.43. The van der Waals surface area contributed by atoms with Crippen molar-refractivity contribution in [3.8, 4) is 16.9 Å². The van der Waals surface area contributed by atoms with Crippen LogP contribution in [0.5, 0.6) is 0 Å². The molecule has 0 radical (unpaired) electrons. The van der Waals surface area contributed by atoms with E-state index in [9.17, 15) is 0 Å². The zero-order chi connectivity index (χ0) is 23.9. The highest BCUT2D eigenvalue weighted by Crippen LogP contribution is 2.47. The van der Waals surface area contributed by atoms with Crippen LogP contribution in [0.1, 0.15) is 29.2 Å². The smallest absolute Gasteiger partial charge is 0.0981 e. The molecule has 0 bridgehead atoms. The standard InChI is InChI=1S/C32H26N4/c1-4-13-24(14-5-1)30-29(22-35(33-30)25-15-6-2-7-16-25)32-28-21-20-23-12-10-11-19-27(23)31(28)34-36(32)26-17-8-3-9-18-26/h1-19,22,28,32H,20-21H2/t28-,32-/m1/s1. The Labute approximate surface area is 211 Å². The average Bonchev–Trinajstić information content (AvgIpc) is 3.57. The molecule has 4 heteroatoms. The van der Waals surface area contributed by atoms with E-state index in [4.69, 9.17) is 10.2 Å². The van der Waals surface area contributed by atoms with Gasteiger partial charge in [-0.2, -0.15) is 10.2 Å². The lowest BCUT2D eigenvalue weighted by Crippen LogP contribution is -2.29. The van der Waals surface area contributed by atoms with Crippen LogP contribution in [-0.2, 0) is 6.42 Å². The van der Waals surface area contributed by atoms with Gasteiger partial charge >= 0.3 is 0 Å². The highest BCUT2D eigenvalue weighted by atomic mass is 15.5. The number of aromatic nitrogens is 2. The highest BCUT2D eigenvalue weighted by Gasteiger charge is 2.43. The molecule has 1 aliphatic carbocycles. The van der Waals surface area contributed by atoms with Crippen LogP contribution in [0.25, 0.3) is 16.9 Å². The number of benzene rings is 4. The van der Waals surface area contributed by atoms with Crippen LogP contribution in [0.15, 0.2) is 127 Å². The molecule has 36 heavy (non-hydrogen) atoms. The Kier molecular flexibility index (Phi) is 5.02. The third-order valence-corrected chi connectivity index (χ3v) is 7.38. The van der Waals surface area contributed by atoms with Crippen molar-refractivity contribution in [2.75, 3.05) is 5.01 Å². The van der Waals surface area contributed by atoms with Gasteiger partial charge in [-0.25, -0.2) is 4.68 Å². The summed E-state index contributed by atoms with van der Waals surface area (Å²) >= 11 is 0. The fourth-order valence-corrected chi connectivity index (χ4v) is 5.70. The Bertz CT molecular complexity index is 1540. The van der Waals surface area contributed by atoms with Crippen molar-refractivity contribution in [3.63, 3.8) is 0 Å². The van der Waals surface area contributed by atoms with Gasteiger partial charge in [0.15, 0.2) is 0 Å². The van der Waals surface area contributed by atoms with E-state index in [2.05, 4.69) is 120 Å². The Morgan fingerprint density at radius 3 is 2.06 bits per heavy atom. The van der Waals surface area contributed by atoms with Gasteiger partial charge in [-0.05, 0) is 42.7 Å². The molecule has 4 aromatic carbocycles. The second-order valence-corrected chi connectivity index (χ2v) is 9.49. The number of anilines is 1. The lowest BCUT2D eigenvalue weighted by atomic mass is 9.77. The first-order valence-corrected chi connectivity index (χ1v) is 12.6. The van der Waals surface area contributed by atoms with Crippen molar-refractivity contribution in [2.24, 2.45) is 11.0 Å². The summed E-state index contributed by atoms with van der Waals surface area (Å²) in [6.45, 7) is 0. The van der Waals surface area contributed by atoms with Gasteiger partial charge in [-0.3, -0.25) is 5.01 Å². The molecular formula is C32H26N4. The fourth-order valence-electron chi connectivity index (χ4n) is 5.70. The van der Waals surface area contributed by atoms with Crippen LogP contribution in [-0.4, -0.2) is 15.5 Å². The van der Waals surface area contributed by atoms with Gasteiger partial charge in [-0.15, -0.1) is 0 Å². The largest absolute Gasteiger partial charge is 0.257 e. The maximum absolute atomic E-state index is 5.31. The first kappa shape index (κ1) is 20.9. The number of fused-ring (bicyclic) bond motifs is 3. The summed E-state index contributed by atoms with van der Waals surface area (Å²) in [5.41, 5.74) is 9.38. The third kappa shape index (κ3) is 3.45. The number of para-hydroxylation sites is 2. The predicted octanol–water partition coefficient (Wildman–Crippen LogP) is 7.07. The second kappa shape index (κ2) is 8.65. The lowest BCUT2D eigenvalue weighted by molar-refractivity contribution is 0.510. The molecule has 0 unspecified atom stereocenters. The maximum Gasteiger partial charge on any atom is 0.0981 e. The zero-order valence-corrected chi connectivity index (χ0v) is 19.9. The van der Waals surface area contributed by atoms with E-state index in [0.717, 1.165) is 35.5 Å². The zero-order valence-electron chi connectivity index (χ0n) is 19.9. The molecule has 1 aliphatic heterocycles. The third-order valence-electron chi connectivity index (χ3n) is 7.38. The van der Waals surface area contributed by atoms with Gasteiger partial charge in [0.25, 0.3) is 0 Å².